The van der Waals surface area contributed by atoms with Crippen LogP contribution < -0.4 is 0 Å². The normalized spacial score (nSPS) is 17.3. The Morgan fingerprint density at radius 2 is 1.96 bits per heavy atom. The molecule has 3 nitrogen and oxygen atoms in total. The number of amides is 1. The van der Waals surface area contributed by atoms with Crippen LogP contribution in [0, 0.1) is 19.8 Å². The minimum Gasteiger partial charge on any atom is -0.392 e. The van der Waals surface area contributed by atoms with Gasteiger partial charge in [0.25, 0.3) is 5.91 Å². The van der Waals surface area contributed by atoms with Crippen molar-refractivity contribution in [2.45, 2.75) is 33.3 Å². The van der Waals surface area contributed by atoms with Crippen molar-refractivity contribution in [1.29, 1.82) is 0 Å². The van der Waals surface area contributed by atoms with Crippen molar-refractivity contribution in [3.05, 3.63) is 70.3 Å². The van der Waals surface area contributed by atoms with Crippen LogP contribution in [0.5, 0.6) is 0 Å². The molecule has 126 valence electrons. The van der Waals surface area contributed by atoms with Crippen molar-refractivity contribution in [2.24, 2.45) is 5.92 Å². The first-order chi connectivity index (χ1) is 11.6. The van der Waals surface area contributed by atoms with E-state index in [-0.39, 0.29) is 12.5 Å². The monoisotopic (exact) mass is 323 g/mol. The molecule has 0 spiro atoms. The van der Waals surface area contributed by atoms with E-state index in [4.69, 9.17) is 0 Å². The lowest BCUT2D eigenvalue weighted by molar-refractivity contribution is 0.0786. The first-order valence-electron chi connectivity index (χ1n) is 8.62. The smallest absolute Gasteiger partial charge is 0.254 e. The molecule has 0 aliphatic carbocycles. The van der Waals surface area contributed by atoms with Crippen LogP contribution in [0.2, 0.25) is 0 Å². The molecule has 1 heterocycles. The maximum absolute atomic E-state index is 12.8. The third-order valence-corrected chi connectivity index (χ3v) is 4.89. The van der Waals surface area contributed by atoms with Gasteiger partial charge in [0.15, 0.2) is 0 Å². The van der Waals surface area contributed by atoms with Gasteiger partial charge >= 0.3 is 0 Å². The minimum atomic E-state index is 0.0791. The van der Waals surface area contributed by atoms with Gasteiger partial charge in [-0.1, -0.05) is 42.0 Å². The Hall–Kier alpha value is -2.13. The van der Waals surface area contributed by atoms with E-state index in [1.54, 1.807) is 0 Å². The van der Waals surface area contributed by atoms with Gasteiger partial charge in [-0.15, -0.1) is 0 Å². The third kappa shape index (κ3) is 3.68. The average Bonchev–Trinajstić information content (AvgIpc) is 3.05. The van der Waals surface area contributed by atoms with Gasteiger partial charge in [-0.3, -0.25) is 4.79 Å². The largest absolute Gasteiger partial charge is 0.392 e. The van der Waals surface area contributed by atoms with E-state index in [1.807, 2.05) is 49.1 Å². The number of benzene rings is 2. The lowest BCUT2D eigenvalue weighted by Gasteiger charge is -2.18. The Morgan fingerprint density at radius 3 is 2.75 bits per heavy atom. The van der Waals surface area contributed by atoms with Gasteiger partial charge in [0.1, 0.15) is 0 Å². The second kappa shape index (κ2) is 7.18. The van der Waals surface area contributed by atoms with Gasteiger partial charge in [-0.2, -0.15) is 0 Å². The number of aryl methyl sites for hydroxylation is 2. The highest BCUT2D eigenvalue weighted by Gasteiger charge is 2.27. The van der Waals surface area contributed by atoms with E-state index < -0.39 is 0 Å². The summed E-state index contributed by atoms with van der Waals surface area (Å²) in [6, 6.07) is 14.2. The molecule has 1 unspecified atom stereocenters. The number of carbonyl (C=O) groups is 1. The van der Waals surface area contributed by atoms with E-state index in [1.165, 1.54) is 5.56 Å². The lowest BCUT2D eigenvalue weighted by Crippen LogP contribution is -2.29. The van der Waals surface area contributed by atoms with E-state index in [9.17, 15) is 9.90 Å². The average molecular weight is 323 g/mol. The molecule has 3 heteroatoms. The zero-order valence-electron chi connectivity index (χ0n) is 14.5. The molecule has 0 bridgehead atoms. The van der Waals surface area contributed by atoms with Crippen LogP contribution in [0.1, 0.15) is 39.0 Å². The van der Waals surface area contributed by atoms with E-state index in [0.717, 1.165) is 48.2 Å². The van der Waals surface area contributed by atoms with Gasteiger partial charge in [0, 0.05) is 18.7 Å². The van der Waals surface area contributed by atoms with Gasteiger partial charge in [0.2, 0.25) is 0 Å². The summed E-state index contributed by atoms with van der Waals surface area (Å²) in [6.07, 6.45) is 2.00. The van der Waals surface area contributed by atoms with Crippen molar-refractivity contribution in [3.63, 3.8) is 0 Å². The van der Waals surface area contributed by atoms with Crippen molar-refractivity contribution in [1.82, 2.24) is 4.90 Å². The first kappa shape index (κ1) is 16.7. The molecular weight excluding hydrogens is 298 g/mol. The molecule has 1 aliphatic rings. The molecular formula is C21H25NO2. The second-order valence-electron chi connectivity index (χ2n) is 6.91. The van der Waals surface area contributed by atoms with Crippen LogP contribution in [0.25, 0.3) is 0 Å². The fourth-order valence-corrected chi connectivity index (χ4v) is 3.51. The molecule has 1 N–H and O–H groups in total. The zero-order valence-corrected chi connectivity index (χ0v) is 14.5. The van der Waals surface area contributed by atoms with Crippen LogP contribution in [0.3, 0.4) is 0 Å². The molecule has 2 aromatic carbocycles. The number of aliphatic hydroxyl groups is 1. The molecule has 1 saturated heterocycles. The van der Waals surface area contributed by atoms with Crippen LogP contribution in [0.15, 0.2) is 42.5 Å². The summed E-state index contributed by atoms with van der Waals surface area (Å²) >= 11 is 0. The van der Waals surface area contributed by atoms with E-state index in [0.29, 0.717) is 5.92 Å². The number of carbonyl (C=O) groups excluding carboxylic acids is 1. The fourth-order valence-electron chi connectivity index (χ4n) is 3.51. The van der Waals surface area contributed by atoms with E-state index >= 15 is 0 Å². The van der Waals surface area contributed by atoms with Gasteiger partial charge < -0.3 is 10.0 Å². The molecule has 24 heavy (non-hydrogen) atoms. The summed E-state index contributed by atoms with van der Waals surface area (Å²) < 4.78 is 0. The highest BCUT2D eigenvalue weighted by Crippen LogP contribution is 2.24. The molecule has 0 saturated carbocycles. The number of rotatable bonds is 4. The van der Waals surface area contributed by atoms with Crippen LogP contribution in [-0.2, 0) is 13.0 Å². The Morgan fingerprint density at radius 1 is 1.17 bits per heavy atom. The van der Waals surface area contributed by atoms with Crippen molar-refractivity contribution in [3.8, 4) is 0 Å². The molecule has 2 aromatic rings. The maximum Gasteiger partial charge on any atom is 0.254 e. The van der Waals surface area contributed by atoms with Crippen LogP contribution in [-0.4, -0.2) is 29.0 Å². The Kier molecular flexibility index (Phi) is 5.00. The van der Waals surface area contributed by atoms with Crippen molar-refractivity contribution >= 4 is 5.91 Å². The SMILES string of the molecule is Cc1ccc(C)c(C(=O)N2CCC(Cc3cccc(CO)c3)C2)c1. The van der Waals surface area contributed by atoms with Gasteiger partial charge in [0.05, 0.1) is 6.61 Å². The quantitative estimate of drug-likeness (QED) is 0.935. The summed E-state index contributed by atoms with van der Waals surface area (Å²) in [7, 11) is 0. The predicted octanol–water partition coefficient (Wildman–Crippen LogP) is 3.50. The topological polar surface area (TPSA) is 40.5 Å². The Balaban J connectivity index is 1.66. The van der Waals surface area contributed by atoms with Crippen molar-refractivity contribution in [2.75, 3.05) is 13.1 Å². The Labute approximate surface area is 143 Å². The number of nitrogens with zero attached hydrogens (tertiary/aromatic N) is 1. The molecule has 1 atom stereocenters. The predicted molar refractivity (Wildman–Crippen MR) is 96.0 cm³/mol. The summed E-state index contributed by atoms with van der Waals surface area (Å²) in [6.45, 7) is 5.75. The fraction of sp³-hybridized carbons (Fsp3) is 0.381. The second-order valence-corrected chi connectivity index (χ2v) is 6.91. The standard InChI is InChI=1S/C21H25NO2/c1-15-6-7-16(2)20(10-15)21(24)22-9-8-18(13-22)11-17-4-3-5-19(12-17)14-23/h3-7,10,12,18,23H,8-9,11,13-14H2,1-2H3. The maximum atomic E-state index is 12.8. The minimum absolute atomic E-state index is 0.0791. The Bertz CT molecular complexity index is 738. The molecule has 0 aromatic heterocycles. The lowest BCUT2D eigenvalue weighted by atomic mass is 9.97. The van der Waals surface area contributed by atoms with Crippen LogP contribution in [0.4, 0.5) is 0 Å². The van der Waals surface area contributed by atoms with Crippen molar-refractivity contribution < 1.29 is 9.90 Å². The van der Waals surface area contributed by atoms with Gasteiger partial charge in [-0.05, 0) is 55.4 Å². The zero-order chi connectivity index (χ0) is 17.1. The summed E-state index contributed by atoms with van der Waals surface area (Å²) in [5.41, 5.74) is 5.20. The molecule has 3 rings (SSSR count). The molecule has 1 aliphatic heterocycles. The molecule has 0 radical (unpaired) electrons. The number of aliphatic hydroxyl groups excluding tert-OH is 1. The number of hydrogen-bond donors (Lipinski definition) is 1. The highest BCUT2D eigenvalue weighted by atomic mass is 16.3. The van der Waals surface area contributed by atoms with Gasteiger partial charge in [-0.25, -0.2) is 0 Å². The summed E-state index contributed by atoms with van der Waals surface area (Å²) in [4.78, 5) is 14.8. The van der Waals surface area contributed by atoms with E-state index in [2.05, 4.69) is 12.1 Å². The first-order valence-corrected chi connectivity index (χ1v) is 8.62. The highest BCUT2D eigenvalue weighted by molar-refractivity contribution is 5.96. The summed E-state index contributed by atoms with van der Waals surface area (Å²) in [5, 5.41) is 9.26. The molecule has 1 fully saturated rings. The number of likely N-dealkylation sites (tertiary alicyclic amines) is 1. The molecule has 1 amide bonds. The summed E-state index contributed by atoms with van der Waals surface area (Å²) in [5.74, 6) is 0.649. The number of hydrogen-bond acceptors (Lipinski definition) is 2. The third-order valence-electron chi connectivity index (χ3n) is 4.89. The van der Waals surface area contributed by atoms with Crippen LogP contribution >= 0.6 is 0 Å².